The Morgan fingerprint density at radius 1 is 1.62 bits per heavy atom. The zero-order chi connectivity index (χ0) is 11.7. The fraction of sp³-hybridized carbons (Fsp3) is 0.200. The summed E-state index contributed by atoms with van der Waals surface area (Å²) in [5.74, 6) is 0.516. The van der Waals surface area contributed by atoms with Crippen LogP contribution in [0.1, 0.15) is 15.4 Å². The molecular weight excluding hydrogens is 292 g/mol. The zero-order valence-electron chi connectivity index (χ0n) is 8.73. The van der Waals surface area contributed by atoms with E-state index in [0.717, 1.165) is 0 Å². The number of halogens is 1. The van der Waals surface area contributed by atoms with Crippen molar-refractivity contribution < 1.29 is 9.53 Å². The van der Waals surface area contributed by atoms with Crippen molar-refractivity contribution in [3.63, 3.8) is 0 Å². The molecule has 2 rings (SSSR count). The molecule has 0 spiro atoms. The van der Waals surface area contributed by atoms with Gasteiger partial charge in [-0.3, -0.25) is 9.48 Å². The fourth-order valence-electron chi connectivity index (χ4n) is 1.40. The van der Waals surface area contributed by atoms with Crippen LogP contribution < -0.4 is 4.74 Å². The van der Waals surface area contributed by atoms with Crippen LogP contribution in [-0.4, -0.2) is 22.7 Å². The van der Waals surface area contributed by atoms with Crippen molar-refractivity contribution in [1.29, 1.82) is 0 Å². The van der Waals surface area contributed by atoms with E-state index in [-0.39, 0.29) is 5.78 Å². The highest BCUT2D eigenvalue weighted by Crippen LogP contribution is 2.29. The third kappa shape index (κ3) is 1.78. The van der Waals surface area contributed by atoms with Crippen molar-refractivity contribution in [1.82, 2.24) is 9.78 Å². The van der Waals surface area contributed by atoms with Gasteiger partial charge in [0.2, 0.25) is 5.78 Å². The average molecular weight is 301 g/mol. The third-order valence-corrected chi connectivity index (χ3v) is 3.64. The van der Waals surface area contributed by atoms with E-state index in [9.17, 15) is 4.79 Å². The van der Waals surface area contributed by atoms with Crippen LogP contribution in [0.5, 0.6) is 5.75 Å². The maximum atomic E-state index is 12.2. The molecule has 0 unspecified atom stereocenters. The number of carbonyl (C=O) groups is 1. The van der Waals surface area contributed by atoms with E-state index in [4.69, 9.17) is 4.74 Å². The molecule has 84 valence electrons. The molecule has 2 aromatic heterocycles. The summed E-state index contributed by atoms with van der Waals surface area (Å²) in [5, 5.41) is 5.85. The Kier molecular flexibility index (Phi) is 3.11. The van der Waals surface area contributed by atoms with Gasteiger partial charge in [-0.2, -0.15) is 5.10 Å². The predicted octanol–water partition coefficient (Wildman–Crippen LogP) is 2.48. The number of hydrogen-bond acceptors (Lipinski definition) is 4. The molecule has 16 heavy (non-hydrogen) atoms. The number of ketones is 1. The number of aryl methyl sites for hydroxylation is 1. The molecule has 6 heteroatoms. The number of methoxy groups -OCH3 is 1. The molecule has 0 bridgehead atoms. The molecule has 0 saturated heterocycles. The Labute approximate surface area is 105 Å². The van der Waals surface area contributed by atoms with Gasteiger partial charge in [0.25, 0.3) is 0 Å². The average Bonchev–Trinajstić information content (AvgIpc) is 2.85. The second kappa shape index (κ2) is 4.39. The van der Waals surface area contributed by atoms with E-state index in [1.54, 1.807) is 31.1 Å². The lowest BCUT2D eigenvalue weighted by molar-refractivity contribution is 0.103. The van der Waals surface area contributed by atoms with Gasteiger partial charge in [0.05, 0.1) is 17.8 Å². The van der Waals surface area contributed by atoms with Crippen LogP contribution in [0.4, 0.5) is 0 Å². The second-order valence-electron chi connectivity index (χ2n) is 3.11. The number of carbonyl (C=O) groups excluding carboxylic acids is 1. The summed E-state index contributed by atoms with van der Waals surface area (Å²) in [4.78, 5) is 12.8. The quantitative estimate of drug-likeness (QED) is 0.818. The van der Waals surface area contributed by atoms with Gasteiger partial charge in [-0.15, -0.1) is 11.3 Å². The Morgan fingerprint density at radius 2 is 2.38 bits per heavy atom. The first-order valence-corrected chi connectivity index (χ1v) is 6.16. The number of aromatic nitrogens is 2. The third-order valence-electron chi connectivity index (χ3n) is 2.16. The van der Waals surface area contributed by atoms with Gasteiger partial charge in [-0.25, -0.2) is 0 Å². The van der Waals surface area contributed by atoms with Gasteiger partial charge in [0.15, 0.2) is 0 Å². The van der Waals surface area contributed by atoms with Crippen molar-refractivity contribution >= 4 is 33.0 Å². The summed E-state index contributed by atoms with van der Waals surface area (Å²) in [5.41, 5.74) is 0.528. The van der Waals surface area contributed by atoms with Crippen molar-refractivity contribution in [3.05, 3.63) is 32.7 Å². The van der Waals surface area contributed by atoms with Crippen LogP contribution in [0.2, 0.25) is 0 Å². The smallest absolute Gasteiger partial charge is 0.225 e. The van der Waals surface area contributed by atoms with E-state index in [2.05, 4.69) is 21.0 Å². The SMILES string of the molecule is COc1ccsc1C(=O)c1c(Br)cnn1C. The summed E-state index contributed by atoms with van der Waals surface area (Å²) >= 11 is 4.67. The minimum atomic E-state index is -0.0845. The van der Waals surface area contributed by atoms with Gasteiger partial charge < -0.3 is 4.74 Å². The molecule has 2 aromatic rings. The van der Waals surface area contributed by atoms with Gasteiger partial charge in [0, 0.05) is 7.05 Å². The monoisotopic (exact) mass is 300 g/mol. The molecule has 0 aromatic carbocycles. The maximum absolute atomic E-state index is 12.2. The first-order chi connectivity index (χ1) is 7.65. The number of rotatable bonds is 3. The topological polar surface area (TPSA) is 44.1 Å². The minimum absolute atomic E-state index is 0.0845. The van der Waals surface area contributed by atoms with E-state index >= 15 is 0 Å². The highest BCUT2D eigenvalue weighted by molar-refractivity contribution is 9.10. The number of ether oxygens (including phenoxy) is 1. The van der Waals surface area contributed by atoms with Crippen molar-refractivity contribution in [2.24, 2.45) is 7.05 Å². The maximum Gasteiger partial charge on any atom is 0.225 e. The predicted molar refractivity (Wildman–Crippen MR) is 65.2 cm³/mol. The number of hydrogen-bond donors (Lipinski definition) is 0. The normalized spacial score (nSPS) is 10.4. The van der Waals surface area contributed by atoms with Crippen LogP contribution in [0.25, 0.3) is 0 Å². The summed E-state index contributed by atoms with van der Waals surface area (Å²) < 4.78 is 7.37. The summed E-state index contributed by atoms with van der Waals surface area (Å²) in [6.45, 7) is 0. The first-order valence-electron chi connectivity index (χ1n) is 4.49. The van der Waals surface area contributed by atoms with E-state index < -0.39 is 0 Å². The van der Waals surface area contributed by atoms with Crippen LogP contribution in [0.3, 0.4) is 0 Å². The molecule has 0 aliphatic heterocycles. The molecule has 0 N–H and O–H groups in total. The molecule has 0 aliphatic rings. The largest absolute Gasteiger partial charge is 0.495 e. The molecule has 0 radical (unpaired) electrons. The molecule has 4 nitrogen and oxygen atoms in total. The molecule has 0 amide bonds. The molecule has 0 saturated carbocycles. The lowest BCUT2D eigenvalue weighted by atomic mass is 10.2. The molecule has 0 fully saturated rings. The van der Waals surface area contributed by atoms with Crippen molar-refractivity contribution in [3.8, 4) is 5.75 Å². The Balaban J connectivity index is 2.47. The summed E-state index contributed by atoms with van der Waals surface area (Å²) in [6, 6.07) is 1.78. The van der Waals surface area contributed by atoms with E-state index in [1.807, 2.05) is 5.38 Å². The number of thiophene rings is 1. The summed E-state index contributed by atoms with van der Waals surface area (Å²) in [7, 11) is 3.29. The highest BCUT2D eigenvalue weighted by Gasteiger charge is 2.21. The molecule has 0 aliphatic carbocycles. The lowest BCUT2D eigenvalue weighted by Gasteiger charge is -2.03. The highest BCUT2D eigenvalue weighted by atomic mass is 79.9. The fourth-order valence-corrected chi connectivity index (χ4v) is 2.72. The van der Waals surface area contributed by atoms with E-state index in [1.165, 1.54) is 11.3 Å². The standard InChI is InChI=1S/C10H9BrN2O2S/c1-13-8(6(11)5-12-13)9(14)10-7(15-2)3-4-16-10/h3-5H,1-2H3. The Bertz CT molecular complexity index is 513. The minimum Gasteiger partial charge on any atom is -0.495 e. The zero-order valence-corrected chi connectivity index (χ0v) is 11.1. The van der Waals surface area contributed by atoms with Crippen molar-refractivity contribution in [2.75, 3.05) is 7.11 Å². The molecular formula is C10H9BrN2O2S. The van der Waals surface area contributed by atoms with Crippen molar-refractivity contribution in [2.45, 2.75) is 0 Å². The Hall–Kier alpha value is -1.14. The lowest BCUT2D eigenvalue weighted by Crippen LogP contribution is -2.08. The molecule has 2 heterocycles. The van der Waals surface area contributed by atoms with Gasteiger partial charge in [-0.05, 0) is 27.4 Å². The van der Waals surface area contributed by atoms with E-state index in [0.29, 0.717) is 20.8 Å². The van der Waals surface area contributed by atoms with Gasteiger partial charge in [0.1, 0.15) is 16.3 Å². The second-order valence-corrected chi connectivity index (χ2v) is 4.88. The van der Waals surface area contributed by atoms with Gasteiger partial charge in [-0.1, -0.05) is 0 Å². The van der Waals surface area contributed by atoms with Crippen LogP contribution >= 0.6 is 27.3 Å². The van der Waals surface area contributed by atoms with Crippen LogP contribution in [-0.2, 0) is 7.05 Å². The molecule has 0 atom stereocenters. The Morgan fingerprint density at radius 3 is 2.94 bits per heavy atom. The van der Waals surface area contributed by atoms with Crippen LogP contribution in [0, 0.1) is 0 Å². The van der Waals surface area contributed by atoms with Gasteiger partial charge >= 0.3 is 0 Å². The first kappa shape index (κ1) is 11.3. The summed E-state index contributed by atoms with van der Waals surface area (Å²) in [6.07, 6.45) is 1.60. The van der Waals surface area contributed by atoms with Crippen LogP contribution in [0.15, 0.2) is 22.1 Å². The number of nitrogens with zero attached hydrogens (tertiary/aromatic N) is 2.